The zero-order valence-corrected chi connectivity index (χ0v) is 14.3. The number of rotatable bonds is 4. The highest BCUT2D eigenvalue weighted by Gasteiger charge is 2.28. The molecule has 0 unspecified atom stereocenters. The molecule has 1 fully saturated rings. The number of carbonyl (C=O) groups excluding carboxylic acids is 1. The van der Waals surface area contributed by atoms with Gasteiger partial charge in [0.2, 0.25) is 15.9 Å². The minimum atomic E-state index is -3.15. The van der Waals surface area contributed by atoms with Crippen LogP contribution in [0.2, 0.25) is 0 Å². The minimum Gasteiger partial charge on any atom is -0.342 e. The summed E-state index contributed by atoms with van der Waals surface area (Å²) in [4.78, 5) is 16.4. The quantitative estimate of drug-likeness (QED) is 0.840. The number of nitrogens with zero attached hydrogens (tertiary/aromatic N) is 2. The van der Waals surface area contributed by atoms with Gasteiger partial charge in [-0.25, -0.2) is 12.7 Å². The Labute approximate surface area is 130 Å². The van der Waals surface area contributed by atoms with Crippen LogP contribution < -0.4 is 0 Å². The molecule has 1 aromatic heterocycles. The Morgan fingerprint density at radius 3 is 2.48 bits per heavy atom. The Kier molecular flexibility index (Phi) is 5.06. The van der Waals surface area contributed by atoms with Crippen molar-refractivity contribution in [3.63, 3.8) is 0 Å². The third kappa shape index (κ3) is 4.28. The number of piperidine rings is 1. The number of sulfonamides is 1. The van der Waals surface area contributed by atoms with Gasteiger partial charge in [-0.15, -0.1) is 11.3 Å². The van der Waals surface area contributed by atoms with Gasteiger partial charge in [-0.1, -0.05) is 0 Å². The first kappa shape index (κ1) is 16.5. The van der Waals surface area contributed by atoms with Crippen molar-refractivity contribution in [3.05, 3.63) is 21.9 Å². The summed E-state index contributed by atoms with van der Waals surface area (Å²) in [5.41, 5.74) is 0. The van der Waals surface area contributed by atoms with Crippen LogP contribution >= 0.6 is 11.3 Å². The topological polar surface area (TPSA) is 57.7 Å². The van der Waals surface area contributed by atoms with E-state index in [1.165, 1.54) is 15.4 Å². The van der Waals surface area contributed by atoms with Gasteiger partial charge in [-0.2, -0.15) is 0 Å². The molecule has 0 radical (unpaired) electrons. The van der Waals surface area contributed by atoms with E-state index in [1.54, 1.807) is 18.4 Å². The van der Waals surface area contributed by atoms with Gasteiger partial charge in [-0.05, 0) is 31.9 Å². The number of thiophene rings is 1. The zero-order chi connectivity index (χ0) is 15.6. The van der Waals surface area contributed by atoms with E-state index in [4.69, 9.17) is 0 Å². The molecule has 0 aromatic carbocycles. The molecule has 118 valence electrons. The molecule has 1 amide bonds. The molecule has 7 heteroatoms. The van der Waals surface area contributed by atoms with Crippen molar-refractivity contribution in [2.75, 3.05) is 26.4 Å². The zero-order valence-electron chi connectivity index (χ0n) is 12.7. The van der Waals surface area contributed by atoms with Gasteiger partial charge in [0.05, 0.1) is 12.7 Å². The Balaban J connectivity index is 1.87. The average molecular weight is 330 g/mol. The summed E-state index contributed by atoms with van der Waals surface area (Å²) in [5, 5.41) is 0. The van der Waals surface area contributed by atoms with Crippen molar-refractivity contribution >= 4 is 27.3 Å². The van der Waals surface area contributed by atoms with E-state index in [0.29, 0.717) is 32.4 Å². The van der Waals surface area contributed by atoms with Gasteiger partial charge in [0.15, 0.2) is 0 Å². The number of aryl methyl sites for hydroxylation is 1. The maximum absolute atomic E-state index is 12.3. The van der Waals surface area contributed by atoms with E-state index in [2.05, 4.69) is 0 Å². The lowest BCUT2D eigenvalue weighted by molar-refractivity contribution is -0.131. The molecular weight excluding hydrogens is 308 g/mol. The van der Waals surface area contributed by atoms with Crippen molar-refractivity contribution in [1.82, 2.24) is 9.21 Å². The summed E-state index contributed by atoms with van der Waals surface area (Å²) in [5.74, 6) is 0.136. The molecule has 0 bridgehead atoms. The average Bonchev–Trinajstić information content (AvgIpc) is 2.82. The molecule has 0 aliphatic carbocycles. The highest BCUT2D eigenvalue weighted by atomic mass is 32.2. The maximum Gasteiger partial charge on any atom is 0.227 e. The molecule has 1 aliphatic heterocycles. The predicted molar refractivity (Wildman–Crippen MR) is 85.0 cm³/mol. The molecule has 5 nitrogen and oxygen atoms in total. The fourth-order valence-corrected chi connectivity index (χ4v) is 4.22. The van der Waals surface area contributed by atoms with Crippen LogP contribution in [0, 0.1) is 6.92 Å². The summed E-state index contributed by atoms with van der Waals surface area (Å²) in [7, 11) is -1.54. The van der Waals surface area contributed by atoms with Crippen LogP contribution in [-0.4, -0.2) is 56.0 Å². The van der Waals surface area contributed by atoms with Gasteiger partial charge in [0.1, 0.15) is 0 Å². The summed E-state index contributed by atoms with van der Waals surface area (Å²) in [6.07, 6.45) is 3.09. The second kappa shape index (κ2) is 6.46. The smallest absolute Gasteiger partial charge is 0.227 e. The first-order valence-electron chi connectivity index (χ1n) is 7.03. The third-order valence-corrected chi connectivity index (χ3v) is 6.32. The van der Waals surface area contributed by atoms with Gasteiger partial charge in [0.25, 0.3) is 0 Å². The Morgan fingerprint density at radius 1 is 1.38 bits per heavy atom. The second-order valence-electron chi connectivity index (χ2n) is 5.58. The second-order valence-corrected chi connectivity index (χ2v) is 8.99. The van der Waals surface area contributed by atoms with Gasteiger partial charge >= 0.3 is 0 Å². The molecular formula is C14H22N2O3S2. The summed E-state index contributed by atoms with van der Waals surface area (Å²) < 4.78 is 24.5. The van der Waals surface area contributed by atoms with E-state index in [9.17, 15) is 13.2 Å². The molecule has 1 aliphatic rings. The molecule has 2 rings (SSSR count). The fraction of sp³-hybridized carbons (Fsp3) is 0.643. The summed E-state index contributed by atoms with van der Waals surface area (Å²) in [6.45, 7) is 3.30. The van der Waals surface area contributed by atoms with Gasteiger partial charge in [0, 0.05) is 35.9 Å². The molecule has 0 saturated carbocycles. The number of hydrogen-bond acceptors (Lipinski definition) is 4. The van der Waals surface area contributed by atoms with Crippen molar-refractivity contribution in [1.29, 1.82) is 0 Å². The largest absolute Gasteiger partial charge is 0.342 e. The lowest BCUT2D eigenvalue weighted by Crippen LogP contribution is -2.47. The molecule has 2 heterocycles. The monoisotopic (exact) mass is 330 g/mol. The molecule has 0 N–H and O–H groups in total. The predicted octanol–water partition coefficient (Wildman–Crippen LogP) is 1.48. The molecule has 1 aromatic rings. The van der Waals surface area contributed by atoms with E-state index in [1.807, 2.05) is 24.0 Å². The normalized spacial score (nSPS) is 17.4. The van der Waals surface area contributed by atoms with Gasteiger partial charge in [-0.3, -0.25) is 4.79 Å². The van der Waals surface area contributed by atoms with Crippen LogP contribution in [0.4, 0.5) is 0 Å². The van der Waals surface area contributed by atoms with Crippen LogP contribution in [0.25, 0.3) is 0 Å². The highest BCUT2D eigenvalue weighted by Crippen LogP contribution is 2.20. The SMILES string of the molecule is Cc1ccc(CC(=O)N2CCC(N(C)S(C)(=O)=O)CC2)s1. The standard InChI is InChI=1S/C14H22N2O3S2/c1-11-4-5-13(20-11)10-14(17)16-8-6-12(7-9-16)15(2)21(3,18)19/h4-5,12H,6-10H2,1-3H3. The Bertz CT molecular complexity index is 601. The van der Waals surface area contributed by atoms with Crippen LogP contribution in [0.1, 0.15) is 22.6 Å². The number of amides is 1. The summed E-state index contributed by atoms with van der Waals surface area (Å²) >= 11 is 1.65. The van der Waals surface area contributed by atoms with Crippen LogP contribution in [0.15, 0.2) is 12.1 Å². The lowest BCUT2D eigenvalue weighted by atomic mass is 10.0. The van der Waals surface area contributed by atoms with Crippen molar-refractivity contribution in [2.24, 2.45) is 0 Å². The van der Waals surface area contributed by atoms with Crippen LogP contribution in [0.3, 0.4) is 0 Å². The number of likely N-dealkylation sites (tertiary alicyclic amines) is 1. The highest BCUT2D eigenvalue weighted by molar-refractivity contribution is 7.88. The molecule has 1 saturated heterocycles. The minimum absolute atomic E-state index is 0.00744. The fourth-order valence-electron chi connectivity index (χ4n) is 2.59. The van der Waals surface area contributed by atoms with Crippen LogP contribution in [-0.2, 0) is 21.2 Å². The first-order valence-corrected chi connectivity index (χ1v) is 9.70. The van der Waals surface area contributed by atoms with E-state index >= 15 is 0 Å². The van der Waals surface area contributed by atoms with Gasteiger partial charge < -0.3 is 4.90 Å². The van der Waals surface area contributed by atoms with Crippen molar-refractivity contribution in [3.8, 4) is 0 Å². The van der Waals surface area contributed by atoms with E-state index in [-0.39, 0.29) is 11.9 Å². The number of carbonyl (C=O) groups is 1. The number of hydrogen-bond donors (Lipinski definition) is 0. The van der Waals surface area contributed by atoms with Crippen molar-refractivity contribution in [2.45, 2.75) is 32.2 Å². The summed E-state index contributed by atoms with van der Waals surface area (Å²) in [6, 6.07) is 4.04. The molecule has 0 atom stereocenters. The molecule has 21 heavy (non-hydrogen) atoms. The third-order valence-electron chi connectivity index (χ3n) is 3.98. The van der Waals surface area contributed by atoms with E-state index < -0.39 is 10.0 Å². The van der Waals surface area contributed by atoms with Crippen molar-refractivity contribution < 1.29 is 13.2 Å². The first-order chi connectivity index (χ1) is 9.77. The molecule has 0 spiro atoms. The Hall–Kier alpha value is -0.920. The van der Waals surface area contributed by atoms with Crippen LogP contribution in [0.5, 0.6) is 0 Å². The lowest BCUT2D eigenvalue weighted by Gasteiger charge is -2.35. The van der Waals surface area contributed by atoms with E-state index in [0.717, 1.165) is 4.88 Å². The maximum atomic E-state index is 12.3. The Morgan fingerprint density at radius 2 is 2.00 bits per heavy atom.